The van der Waals surface area contributed by atoms with Gasteiger partial charge in [0, 0.05) is 25.7 Å². The molecule has 0 spiro atoms. The van der Waals surface area contributed by atoms with Gasteiger partial charge in [-0.1, -0.05) is 408 Å². The van der Waals surface area contributed by atoms with E-state index in [9.17, 15) is 43.2 Å². The average molecular weight is 1550 g/mol. The molecule has 0 amide bonds. The van der Waals surface area contributed by atoms with Crippen LogP contribution in [-0.2, 0) is 65.4 Å². The molecule has 3 N–H and O–H groups in total. The average Bonchev–Trinajstić information content (AvgIpc) is 0.909. The normalized spacial score (nSPS) is 14.4. The van der Waals surface area contributed by atoms with Crippen LogP contribution in [0, 0.1) is 17.8 Å². The van der Waals surface area contributed by atoms with E-state index in [-0.39, 0.29) is 25.7 Å². The molecule has 7 atom stereocenters. The summed E-state index contributed by atoms with van der Waals surface area (Å²) in [5.74, 6) is 0.322. The van der Waals surface area contributed by atoms with Gasteiger partial charge in [-0.15, -0.1) is 0 Å². The Morgan fingerprint density at radius 1 is 0.274 bits per heavy atom. The summed E-state index contributed by atoms with van der Waals surface area (Å²) in [5, 5.41) is 10.7. The summed E-state index contributed by atoms with van der Waals surface area (Å²) < 4.78 is 68.9. The predicted octanol–water partition coefficient (Wildman–Crippen LogP) is 26.5. The number of ether oxygens (including phenoxy) is 4. The Balaban J connectivity index is 5.25. The van der Waals surface area contributed by atoms with Crippen LogP contribution in [0.5, 0.6) is 0 Å². The summed E-state index contributed by atoms with van der Waals surface area (Å²) in [4.78, 5) is 73.3. The molecule has 19 heteroatoms. The highest BCUT2D eigenvalue weighted by atomic mass is 31.2. The standard InChI is InChI=1S/C87H170O17P2/c1-8-11-12-13-14-15-16-17-18-21-25-28-34-39-47-54-61-68-84(89)97-74-82(103-86(91)70-63-56-49-40-35-29-26-23-20-19-22-24-27-33-38-45-52-59-66-79(6)9-2)76-101-105(93,94)99-72-81(88)73-100-106(95,96)102-77-83(75-98-85(90)69-62-55-48-43-42-46-53-60-67-80(7)10-3)104-87(92)71-64-57-50-41-36-31-30-32-37-44-51-58-65-78(4)5/h78-83,88H,8-77H2,1-7H3,(H,93,94)(H,95,96)/t79?,80?,81-,82-,83-/m1/s1. The second kappa shape index (κ2) is 77.0. The van der Waals surface area contributed by atoms with Gasteiger partial charge in [-0.2, -0.15) is 0 Å². The fourth-order valence-corrected chi connectivity index (χ4v) is 15.1. The molecule has 0 aromatic heterocycles. The third-order valence-electron chi connectivity index (χ3n) is 21.1. The minimum absolute atomic E-state index is 0.107. The molecule has 630 valence electrons. The fraction of sp³-hybridized carbons (Fsp3) is 0.954. The van der Waals surface area contributed by atoms with Crippen molar-refractivity contribution >= 4 is 39.5 Å². The lowest BCUT2D eigenvalue weighted by Crippen LogP contribution is -2.30. The van der Waals surface area contributed by atoms with E-state index in [1.54, 1.807) is 0 Å². The van der Waals surface area contributed by atoms with Crippen molar-refractivity contribution in [2.24, 2.45) is 17.8 Å². The van der Waals surface area contributed by atoms with Crippen molar-refractivity contribution in [2.45, 2.75) is 478 Å². The number of aliphatic hydroxyl groups excluding tert-OH is 1. The van der Waals surface area contributed by atoms with Gasteiger partial charge in [0.1, 0.15) is 19.3 Å². The van der Waals surface area contributed by atoms with E-state index in [4.69, 9.17) is 37.0 Å². The lowest BCUT2D eigenvalue weighted by molar-refractivity contribution is -0.161. The van der Waals surface area contributed by atoms with Crippen LogP contribution in [0.2, 0.25) is 0 Å². The molecule has 0 aliphatic carbocycles. The van der Waals surface area contributed by atoms with Crippen molar-refractivity contribution in [3.63, 3.8) is 0 Å². The maximum absolute atomic E-state index is 13.2. The number of phosphoric ester groups is 2. The summed E-state index contributed by atoms with van der Waals surface area (Å²) in [6.45, 7) is 12.1. The van der Waals surface area contributed by atoms with Crippen LogP contribution in [0.1, 0.15) is 459 Å². The highest BCUT2D eigenvalue weighted by Crippen LogP contribution is 2.45. The molecular formula is C87H170O17P2. The third kappa shape index (κ3) is 77.4. The minimum atomic E-state index is -4.97. The first-order chi connectivity index (χ1) is 51.3. The number of hydrogen-bond acceptors (Lipinski definition) is 15. The predicted molar refractivity (Wildman–Crippen MR) is 437 cm³/mol. The molecule has 0 aliphatic heterocycles. The molecule has 106 heavy (non-hydrogen) atoms. The number of unbranched alkanes of at least 4 members (excludes halogenated alkanes) is 51. The van der Waals surface area contributed by atoms with E-state index in [1.165, 1.54) is 270 Å². The van der Waals surface area contributed by atoms with E-state index in [1.807, 2.05) is 0 Å². The number of rotatable bonds is 85. The first-order valence-electron chi connectivity index (χ1n) is 44.9. The van der Waals surface area contributed by atoms with Gasteiger partial charge >= 0.3 is 39.5 Å². The number of hydrogen-bond donors (Lipinski definition) is 3. The van der Waals surface area contributed by atoms with Crippen LogP contribution in [0.4, 0.5) is 0 Å². The van der Waals surface area contributed by atoms with Crippen molar-refractivity contribution in [1.82, 2.24) is 0 Å². The van der Waals surface area contributed by atoms with E-state index >= 15 is 0 Å². The maximum atomic E-state index is 13.2. The van der Waals surface area contributed by atoms with Crippen LogP contribution < -0.4 is 0 Å². The number of carbonyl (C=O) groups excluding carboxylic acids is 4. The van der Waals surface area contributed by atoms with Gasteiger partial charge in [-0.3, -0.25) is 37.3 Å². The van der Waals surface area contributed by atoms with Crippen molar-refractivity contribution in [3.8, 4) is 0 Å². The molecule has 0 bridgehead atoms. The van der Waals surface area contributed by atoms with Crippen LogP contribution in [0.15, 0.2) is 0 Å². The summed E-state index contributed by atoms with van der Waals surface area (Å²) in [7, 11) is -9.93. The fourth-order valence-electron chi connectivity index (χ4n) is 13.5. The molecule has 0 radical (unpaired) electrons. The van der Waals surface area contributed by atoms with Gasteiger partial charge in [0.15, 0.2) is 12.2 Å². The van der Waals surface area contributed by atoms with E-state index < -0.39 is 97.5 Å². The third-order valence-corrected chi connectivity index (χ3v) is 23.0. The molecule has 0 heterocycles. The summed E-state index contributed by atoms with van der Waals surface area (Å²) >= 11 is 0. The number of carbonyl (C=O) groups is 4. The van der Waals surface area contributed by atoms with E-state index in [0.717, 1.165) is 108 Å². The zero-order valence-electron chi connectivity index (χ0n) is 69.9. The zero-order chi connectivity index (χ0) is 77.9. The first-order valence-corrected chi connectivity index (χ1v) is 47.9. The van der Waals surface area contributed by atoms with Crippen LogP contribution in [-0.4, -0.2) is 96.7 Å². The van der Waals surface area contributed by atoms with Crippen LogP contribution >= 0.6 is 15.6 Å². The van der Waals surface area contributed by atoms with Gasteiger partial charge in [0.05, 0.1) is 26.4 Å². The van der Waals surface area contributed by atoms with E-state index in [2.05, 4.69) is 48.5 Å². The van der Waals surface area contributed by atoms with Crippen molar-refractivity contribution in [1.29, 1.82) is 0 Å². The SMILES string of the molecule is CCCCCCCCCCCCCCCCCCCC(=O)OC[C@H](COP(=O)(O)OC[C@@H](O)COP(=O)(O)OC[C@@H](COC(=O)CCCCCCCCCCC(C)CC)OC(=O)CCCCCCCCCCCCCCC(C)C)OC(=O)CCCCCCCCCCCCCCCCCCCCC(C)CC. The smallest absolute Gasteiger partial charge is 0.462 e. The molecule has 0 aliphatic rings. The molecule has 17 nitrogen and oxygen atoms in total. The summed E-state index contributed by atoms with van der Waals surface area (Å²) in [6.07, 6.45) is 67.9. The maximum Gasteiger partial charge on any atom is 0.472 e. The quantitative estimate of drug-likeness (QED) is 0.0222. The van der Waals surface area contributed by atoms with Gasteiger partial charge in [-0.25, -0.2) is 9.13 Å². The Morgan fingerprint density at radius 2 is 0.481 bits per heavy atom. The summed E-state index contributed by atoms with van der Waals surface area (Å²) in [5.41, 5.74) is 0. The number of esters is 4. The monoisotopic (exact) mass is 1550 g/mol. The largest absolute Gasteiger partial charge is 0.472 e. The summed E-state index contributed by atoms with van der Waals surface area (Å²) in [6, 6.07) is 0. The zero-order valence-corrected chi connectivity index (χ0v) is 71.7. The second-order valence-electron chi connectivity index (χ2n) is 32.2. The van der Waals surface area contributed by atoms with Gasteiger partial charge in [-0.05, 0) is 43.4 Å². The number of aliphatic hydroxyl groups is 1. The molecule has 0 saturated heterocycles. The van der Waals surface area contributed by atoms with Crippen LogP contribution in [0.25, 0.3) is 0 Å². The molecule has 0 aromatic rings. The topological polar surface area (TPSA) is 237 Å². The highest BCUT2D eigenvalue weighted by Gasteiger charge is 2.31. The lowest BCUT2D eigenvalue weighted by atomic mass is 9.99. The molecule has 0 rings (SSSR count). The van der Waals surface area contributed by atoms with Gasteiger partial charge < -0.3 is 33.8 Å². The van der Waals surface area contributed by atoms with Gasteiger partial charge in [0.2, 0.25) is 0 Å². The molecule has 0 fully saturated rings. The Kier molecular flexibility index (Phi) is 75.6. The van der Waals surface area contributed by atoms with Crippen molar-refractivity contribution in [2.75, 3.05) is 39.6 Å². The van der Waals surface area contributed by atoms with E-state index in [0.29, 0.717) is 25.7 Å². The van der Waals surface area contributed by atoms with Crippen LogP contribution in [0.3, 0.4) is 0 Å². The second-order valence-corrected chi connectivity index (χ2v) is 35.1. The minimum Gasteiger partial charge on any atom is -0.462 e. The molecule has 0 aromatic carbocycles. The Morgan fingerprint density at radius 3 is 0.717 bits per heavy atom. The molecule has 4 unspecified atom stereocenters. The Bertz CT molecular complexity index is 2050. The van der Waals surface area contributed by atoms with Gasteiger partial charge in [0.25, 0.3) is 0 Å². The highest BCUT2D eigenvalue weighted by molar-refractivity contribution is 7.47. The Labute approximate surface area is 651 Å². The number of phosphoric acid groups is 2. The van der Waals surface area contributed by atoms with Crippen molar-refractivity contribution in [3.05, 3.63) is 0 Å². The Hall–Kier alpha value is -1.94. The first kappa shape index (κ1) is 104. The van der Waals surface area contributed by atoms with Crippen molar-refractivity contribution < 1.29 is 80.2 Å². The lowest BCUT2D eigenvalue weighted by Gasteiger charge is -2.21. The molecule has 0 saturated carbocycles. The molecular weight excluding hydrogens is 1380 g/mol.